The first-order valence-corrected chi connectivity index (χ1v) is 7.76. The lowest BCUT2D eigenvalue weighted by Crippen LogP contribution is -2.31. The van der Waals surface area contributed by atoms with E-state index >= 15 is 0 Å². The van der Waals surface area contributed by atoms with Crippen LogP contribution < -0.4 is 0 Å². The molecule has 1 aliphatic rings. The van der Waals surface area contributed by atoms with E-state index in [0.717, 1.165) is 12.8 Å². The van der Waals surface area contributed by atoms with E-state index in [4.69, 9.17) is 4.74 Å². The van der Waals surface area contributed by atoms with Crippen molar-refractivity contribution in [3.63, 3.8) is 0 Å². The summed E-state index contributed by atoms with van der Waals surface area (Å²) in [7, 11) is 1.76. The number of carbonyl (C=O) groups is 2. The Hall–Kier alpha value is -0.710. The van der Waals surface area contributed by atoms with Gasteiger partial charge in [-0.15, -0.1) is 0 Å². The van der Waals surface area contributed by atoms with E-state index in [-0.39, 0.29) is 18.3 Å². The molecule has 0 aromatic heterocycles. The smallest absolute Gasteiger partial charge is 0.307 e. The fourth-order valence-electron chi connectivity index (χ4n) is 1.97. The van der Waals surface area contributed by atoms with Crippen LogP contribution in [0.5, 0.6) is 0 Å². The van der Waals surface area contributed by atoms with Gasteiger partial charge in [0.15, 0.2) is 0 Å². The molecule has 4 nitrogen and oxygen atoms in total. The van der Waals surface area contributed by atoms with Gasteiger partial charge < -0.3 is 9.64 Å². The first kappa shape index (κ1) is 15.3. The lowest BCUT2D eigenvalue weighted by atomic mass is 9.98. The molecule has 1 fully saturated rings. The van der Waals surface area contributed by atoms with Gasteiger partial charge in [-0.2, -0.15) is 11.8 Å². The average molecular weight is 273 g/mol. The molecule has 0 radical (unpaired) electrons. The number of ether oxygens (including phenoxy) is 1. The Morgan fingerprint density at radius 1 is 1.33 bits per heavy atom. The number of nitrogens with zero attached hydrogens (tertiary/aromatic N) is 1. The molecule has 5 heteroatoms. The van der Waals surface area contributed by atoms with Crippen molar-refractivity contribution in [2.75, 3.05) is 31.7 Å². The quantitative estimate of drug-likeness (QED) is 0.694. The summed E-state index contributed by atoms with van der Waals surface area (Å²) >= 11 is 1.97. The summed E-state index contributed by atoms with van der Waals surface area (Å²) in [5, 5.41) is 0. The van der Waals surface area contributed by atoms with Gasteiger partial charge in [-0.05, 0) is 37.2 Å². The number of amides is 1. The van der Waals surface area contributed by atoms with E-state index in [2.05, 4.69) is 0 Å². The molecule has 1 heterocycles. The maximum Gasteiger partial charge on any atom is 0.307 e. The standard InChI is InChI=1S/C13H23NO3S/c1-3-17-13(16)4-7-14(2)12(15)10-11-5-8-18-9-6-11/h11H,3-10H2,1-2H3. The highest BCUT2D eigenvalue weighted by molar-refractivity contribution is 7.99. The maximum absolute atomic E-state index is 11.9. The monoisotopic (exact) mass is 273 g/mol. The Morgan fingerprint density at radius 3 is 2.61 bits per heavy atom. The number of hydrogen-bond donors (Lipinski definition) is 0. The molecule has 0 N–H and O–H groups in total. The third-order valence-electron chi connectivity index (χ3n) is 3.19. The van der Waals surface area contributed by atoms with Gasteiger partial charge in [0.2, 0.25) is 5.91 Å². The molecule has 1 saturated heterocycles. The largest absolute Gasteiger partial charge is 0.466 e. The van der Waals surface area contributed by atoms with Crippen LogP contribution in [0.1, 0.15) is 32.6 Å². The summed E-state index contributed by atoms with van der Waals surface area (Å²) in [4.78, 5) is 24.8. The third-order valence-corrected chi connectivity index (χ3v) is 4.24. The Morgan fingerprint density at radius 2 is 2.00 bits per heavy atom. The van der Waals surface area contributed by atoms with E-state index in [9.17, 15) is 9.59 Å². The van der Waals surface area contributed by atoms with Crippen molar-refractivity contribution in [2.45, 2.75) is 32.6 Å². The summed E-state index contributed by atoms with van der Waals surface area (Å²) in [5.74, 6) is 2.79. The number of esters is 1. The van der Waals surface area contributed by atoms with Crippen LogP contribution in [0.15, 0.2) is 0 Å². The number of rotatable bonds is 6. The molecule has 0 atom stereocenters. The molecule has 0 saturated carbocycles. The minimum atomic E-state index is -0.230. The molecule has 104 valence electrons. The van der Waals surface area contributed by atoms with E-state index in [1.165, 1.54) is 11.5 Å². The highest BCUT2D eigenvalue weighted by Crippen LogP contribution is 2.25. The molecule has 0 aliphatic carbocycles. The highest BCUT2D eigenvalue weighted by atomic mass is 32.2. The van der Waals surface area contributed by atoms with Gasteiger partial charge >= 0.3 is 5.97 Å². The average Bonchev–Trinajstić information content (AvgIpc) is 2.37. The summed E-state index contributed by atoms with van der Waals surface area (Å²) in [5.41, 5.74) is 0. The molecule has 1 amide bonds. The van der Waals surface area contributed by atoms with Crippen LogP contribution in [0.25, 0.3) is 0 Å². The third kappa shape index (κ3) is 5.76. The van der Waals surface area contributed by atoms with Crippen LogP contribution in [0.4, 0.5) is 0 Å². The van der Waals surface area contributed by atoms with Gasteiger partial charge in [0, 0.05) is 20.0 Å². The minimum absolute atomic E-state index is 0.149. The zero-order valence-corrected chi connectivity index (χ0v) is 12.1. The molecule has 0 bridgehead atoms. The SMILES string of the molecule is CCOC(=O)CCN(C)C(=O)CC1CCSCC1. The predicted molar refractivity (Wildman–Crippen MR) is 73.6 cm³/mol. The summed E-state index contributed by atoms with van der Waals surface area (Å²) in [6, 6.07) is 0. The fourth-order valence-corrected chi connectivity index (χ4v) is 3.17. The Balaban J connectivity index is 2.21. The topological polar surface area (TPSA) is 46.6 Å². The van der Waals surface area contributed by atoms with Crippen LogP contribution in [0.2, 0.25) is 0 Å². The Bertz CT molecular complexity index is 277. The lowest BCUT2D eigenvalue weighted by molar-refractivity contribution is -0.143. The zero-order valence-electron chi connectivity index (χ0n) is 11.3. The number of carbonyl (C=O) groups excluding carboxylic acids is 2. The van der Waals surface area contributed by atoms with Crippen LogP contribution >= 0.6 is 11.8 Å². The van der Waals surface area contributed by atoms with Crippen molar-refractivity contribution in [3.8, 4) is 0 Å². The second kappa shape index (κ2) is 8.40. The lowest BCUT2D eigenvalue weighted by Gasteiger charge is -2.23. The van der Waals surface area contributed by atoms with Crippen molar-refractivity contribution in [3.05, 3.63) is 0 Å². The molecular formula is C13H23NO3S. The number of thioether (sulfide) groups is 1. The van der Waals surface area contributed by atoms with E-state index in [0.29, 0.717) is 25.5 Å². The minimum Gasteiger partial charge on any atom is -0.466 e. The molecule has 0 unspecified atom stereocenters. The Kier molecular flexibility index (Phi) is 7.16. The molecule has 1 rings (SSSR count). The fraction of sp³-hybridized carbons (Fsp3) is 0.846. The van der Waals surface area contributed by atoms with Crippen LogP contribution in [0.3, 0.4) is 0 Å². The van der Waals surface area contributed by atoms with E-state index < -0.39 is 0 Å². The Labute approximate surface area is 113 Å². The predicted octanol–water partition coefficient (Wildman–Crippen LogP) is 1.93. The van der Waals surface area contributed by atoms with Crippen LogP contribution in [-0.2, 0) is 14.3 Å². The van der Waals surface area contributed by atoms with Crippen LogP contribution in [-0.4, -0.2) is 48.5 Å². The number of hydrogen-bond acceptors (Lipinski definition) is 4. The summed E-state index contributed by atoms with van der Waals surface area (Å²) in [6.07, 6.45) is 3.20. The molecular weight excluding hydrogens is 250 g/mol. The maximum atomic E-state index is 11.9. The molecule has 0 spiro atoms. The van der Waals surface area contributed by atoms with Crippen LogP contribution in [0, 0.1) is 5.92 Å². The van der Waals surface area contributed by atoms with Gasteiger partial charge in [0.1, 0.15) is 0 Å². The summed E-state index contributed by atoms with van der Waals surface area (Å²) in [6.45, 7) is 2.64. The van der Waals surface area contributed by atoms with Gasteiger partial charge in [-0.1, -0.05) is 0 Å². The normalized spacial score (nSPS) is 16.3. The van der Waals surface area contributed by atoms with Crippen molar-refractivity contribution in [2.24, 2.45) is 5.92 Å². The first-order chi connectivity index (χ1) is 8.63. The second-order valence-corrected chi connectivity index (χ2v) is 5.85. The summed E-state index contributed by atoms with van der Waals surface area (Å²) < 4.78 is 4.84. The van der Waals surface area contributed by atoms with Gasteiger partial charge in [-0.25, -0.2) is 0 Å². The van der Waals surface area contributed by atoms with Gasteiger partial charge in [0.05, 0.1) is 13.0 Å². The molecule has 0 aromatic carbocycles. The molecule has 1 aliphatic heterocycles. The van der Waals surface area contributed by atoms with E-state index in [1.54, 1.807) is 18.9 Å². The van der Waals surface area contributed by atoms with Crippen molar-refractivity contribution in [1.29, 1.82) is 0 Å². The highest BCUT2D eigenvalue weighted by Gasteiger charge is 2.19. The second-order valence-electron chi connectivity index (χ2n) is 4.63. The van der Waals surface area contributed by atoms with Gasteiger partial charge in [0.25, 0.3) is 0 Å². The molecule has 18 heavy (non-hydrogen) atoms. The van der Waals surface area contributed by atoms with Crippen molar-refractivity contribution >= 4 is 23.6 Å². The van der Waals surface area contributed by atoms with Crippen molar-refractivity contribution < 1.29 is 14.3 Å². The molecule has 0 aromatic rings. The van der Waals surface area contributed by atoms with Gasteiger partial charge in [-0.3, -0.25) is 9.59 Å². The zero-order chi connectivity index (χ0) is 13.4. The van der Waals surface area contributed by atoms with Crippen molar-refractivity contribution in [1.82, 2.24) is 4.90 Å². The van der Waals surface area contributed by atoms with E-state index in [1.807, 2.05) is 11.8 Å². The first-order valence-electron chi connectivity index (χ1n) is 6.60.